The summed E-state index contributed by atoms with van der Waals surface area (Å²) in [5, 5.41) is 0. The molecule has 3 rings (SSSR count). The number of thioether (sulfide) groups is 1. The van der Waals surface area contributed by atoms with Crippen molar-refractivity contribution < 1.29 is 9.18 Å². The second-order valence-electron chi connectivity index (χ2n) is 8.89. The molecule has 0 saturated carbocycles. The van der Waals surface area contributed by atoms with Crippen molar-refractivity contribution in [3.63, 3.8) is 0 Å². The molecular formula is C24H33FN4O3S. The van der Waals surface area contributed by atoms with Gasteiger partial charge in [0.2, 0.25) is 5.91 Å². The zero-order valence-corrected chi connectivity index (χ0v) is 20.6. The SMILES string of the molecule is CC(C)n1c(N2CCCN(C(=O)CSCc3ccc(F)cc3)CC2)cc(=O)n(C(C)C)c1=O. The molecule has 1 amide bonds. The Labute approximate surface area is 198 Å². The highest BCUT2D eigenvalue weighted by atomic mass is 32.2. The quantitative estimate of drug-likeness (QED) is 0.614. The first-order valence-electron chi connectivity index (χ1n) is 11.4. The number of carbonyl (C=O) groups is 1. The summed E-state index contributed by atoms with van der Waals surface area (Å²) in [6.45, 7) is 9.94. The standard InChI is InChI=1S/C24H33FN4O3S/c1-17(2)28-21(14-22(30)29(18(3)4)24(28)32)26-10-5-11-27(13-12-26)23(31)16-33-15-19-6-8-20(25)9-7-19/h6-9,14,17-18H,5,10-13,15-16H2,1-4H3. The molecule has 0 radical (unpaired) electrons. The summed E-state index contributed by atoms with van der Waals surface area (Å²) < 4.78 is 16.0. The number of halogens is 1. The lowest BCUT2D eigenvalue weighted by Gasteiger charge is -2.28. The van der Waals surface area contributed by atoms with Gasteiger partial charge in [-0.1, -0.05) is 12.1 Å². The molecule has 1 aromatic carbocycles. The number of benzene rings is 1. The number of nitrogens with zero attached hydrogens (tertiary/aromatic N) is 4. The Bertz CT molecular complexity index is 1080. The van der Waals surface area contributed by atoms with E-state index in [0.29, 0.717) is 43.5 Å². The average Bonchev–Trinajstić information content (AvgIpc) is 3.00. The smallest absolute Gasteiger partial charge is 0.333 e. The number of aromatic nitrogens is 2. The van der Waals surface area contributed by atoms with Crippen LogP contribution in [0.3, 0.4) is 0 Å². The fourth-order valence-corrected chi connectivity index (χ4v) is 4.97. The van der Waals surface area contributed by atoms with Crippen LogP contribution in [0.15, 0.2) is 39.9 Å². The minimum atomic E-state index is -0.295. The van der Waals surface area contributed by atoms with Gasteiger partial charge in [-0.3, -0.25) is 18.7 Å². The second-order valence-corrected chi connectivity index (χ2v) is 9.88. The molecule has 0 spiro atoms. The molecule has 0 atom stereocenters. The molecule has 1 aromatic heterocycles. The number of hydrogen-bond donors (Lipinski definition) is 0. The third kappa shape index (κ3) is 6.07. The van der Waals surface area contributed by atoms with Crippen LogP contribution in [0.1, 0.15) is 51.8 Å². The molecule has 180 valence electrons. The van der Waals surface area contributed by atoms with E-state index in [2.05, 4.69) is 0 Å². The van der Waals surface area contributed by atoms with Gasteiger partial charge in [-0.15, -0.1) is 11.8 Å². The van der Waals surface area contributed by atoms with Crippen LogP contribution in [-0.2, 0) is 10.5 Å². The third-order valence-electron chi connectivity index (χ3n) is 5.76. The number of carbonyl (C=O) groups excluding carboxylic acids is 1. The van der Waals surface area contributed by atoms with Gasteiger partial charge in [0, 0.05) is 50.1 Å². The summed E-state index contributed by atoms with van der Waals surface area (Å²) in [7, 11) is 0. The molecular weight excluding hydrogens is 443 g/mol. The van der Waals surface area contributed by atoms with E-state index in [4.69, 9.17) is 0 Å². The highest BCUT2D eigenvalue weighted by Gasteiger charge is 2.24. The van der Waals surface area contributed by atoms with Crippen molar-refractivity contribution in [1.29, 1.82) is 0 Å². The molecule has 1 aliphatic rings. The number of rotatable bonds is 7. The lowest BCUT2D eigenvalue weighted by atomic mass is 10.2. The van der Waals surface area contributed by atoms with E-state index >= 15 is 0 Å². The van der Waals surface area contributed by atoms with E-state index in [1.165, 1.54) is 28.5 Å². The maximum atomic E-state index is 13.1. The van der Waals surface area contributed by atoms with Crippen molar-refractivity contribution in [2.45, 2.75) is 52.0 Å². The minimum absolute atomic E-state index is 0.0698. The van der Waals surface area contributed by atoms with Gasteiger partial charge < -0.3 is 9.80 Å². The molecule has 7 nitrogen and oxygen atoms in total. The first-order valence-corrected chi connectivity index (χ1v) is 12.6. The predicted octanol–water partition coefficient (Wildman–Crippen LogP) is 3.28. The van der Waals surface area contributed by atoms with Crippen molar-refractivity contribution >= 4 is 23.5 Å². The van der Waals surface area contributed by atoms with Crippen molar-refractivity contribution in [1.82, 2.24) is 14.0 Å². The van der Waals surface area contributed by atoms with Crippen molar-refractivity contribution in [3.8, 4) is 0 Å². The van der Waals surface area contributed by atoms with E-state index in [0.717, 1.165) is 12.0 Å². The van der Waals surface area contributed by atoms with Crippen LogP contribution in [0.2, 0.25) is 0 Å². The van der Waals surface area contributed by atoms with Gasteiger partial charge in [-0.05, 0) is 51.8 Å². The summed E-state index contributed by atoms with van der Waals surface area (Å²) in [6, 6.07) is 7.57. The Hall–Kier alpha value is -2.55. The summed E-state index contributed by atoms with van der Waals surface area (Å²) in [5.41, 5.74) is 0.396. The average molecular weight is 477 g/mol. The van der Waals surface area contributed by atoms with Gasteiger partial charge >= 0.3 is 5.69 Å². The van der Waals surface area contributed by atoms with Crippen LogP contribution in [0, 0.1) is 5.82 Å². The lowest BCUT2D eigenvalue weighted by Crippen LogP contribution is -2.45. The number of hydrogen-bond acceptors (Lipinski definition) is 5. The van der Waals surface area contributed by atoms with Crippen LogP contribution in [0.4, 0.5) is 10.2 Å². The minimum Gasteiger partial charge on any atom is -0.356 e. The Balaban J connectivity index is 1.67. The Kier molecular flexibility index (Phi) is 8.40. The number of amides is 1. The maximum absolute atomic E-state index is 13.1. The van der Waals surface area contributed by atoms with Gasteiger partial charge in [-0.2, -0.15) is 0 Å². The summed E-state index contributed by atoms with van der Waals surface area (Å²) in [5.74, 6) is 1.44. The maximum Gasteiger partial charge on any atom is 0.333 e. The Morgan fingerprint density at radius 2 is 1.64 bits per heavy atom. The topological polar surface area (TPSA) is 67.5 Å². The van der Waals surface area contributed by atoms with E-state index in [1.807, 2.05) is 37.5 Å². The Morgan fingerprint density at radius 1 is 0.970 bits per heavy atom. The van der Waals surface area contributed by atoms with Gasteiger partial charge in [0.25, 0.3) is 5.56 Å². The molecule has 1 fully saturated rings. The van der Waals surface area contributed by atoms with E-state index in [9.17, 15) is 18.8 Å². The molecule has 2 heterocycles. The van der Waals surface area contributed by atoms with Gasteiger partial charge in [0.1, 0.15) is 11.6 Å². The number of anilines is 1. The van der Waals surface area contributed by atoms with Gasteiger partial charge in [0.15, 0.2) is 0 Å². The van der Waals surface area contributed by atoms with E-state index < -0.39 is 0 Å². The molecule has 0 N–H and O–H groups in total. The summed E-state index contributed by atoms with van der Waals surface area (Å²) in [6.07, 6.45) is 0.758. The van der Waals surface area contributed by atoms with Crippen LogP contribution in [-0.4, -0.2) is 51.9 Å². The van der Waals surface area contributed by atoms with Crippen LogP contribution < -0.4 is 16.1 Å². The molecule has 1 saturated heterocycles. The monoisotopic (exact) mass is 476 g/mol. The predicted molar refractivity (Wildman–Crippen MR) is 132 cm³/mol. The summed E-state index contributed by atoms with van der Waals surface area (Å²) >= 11 is 1.52. The first-order chi connectivity index (χ1) is 15.7. The lowest BCUT2D eigenvalue weighted by molar-refractivity contribution is -0.128. The largest absolute Gasteiger partial charge is 0.356 e. The van der Waals surface area contributed by atoms with Crippen LogP contribution in [0.5, 0.6) is 0 Å². The highest BCUT2D eigenvalue weighted by molar-refractivity contribution is 7.99. The normalized spacial score (nSPS) is 14.8. The zero-order chi connectivity index (χ0) is 24.1. The van der Waals surface area contributed by atoms with E-state index in [1.54, 1.807) is 22.8 Å². The summed E-state index contributed by atoms with van der Waals surface area (Å²) in [4.78, 5) is 42.4. The fourth-order valence-electron chi connectivity index (χ4n) is 4.09. The van der Waals surface area contributed by atoms with Gasteiger partial charge in [0.05, 0.1) is 5.75 Å². The van der Waals surface area contributed by atoms with Crippen molar-refractivity contribution in [2.24, 2.45) is 0 Å². The molecule has 1 aliphatic heterocycles. The molecule has 2 aromatic rings. The molecule has 0 unspecified atom stereocenters. The highest BCUT2D eigenvalue weighted by Crippen LogP contribution is 2.19. The zero-order valence-electron chi connectivity index (χ0n) is 19.8. The Morgan fingerprint density at radius 3 is 2.27 bits per heavy atom. The van der Waals surface area contributed by atoms with Crippen LogP contribution in [0.25, 0.3) is 0 Å². The fraction of sp³-hybridized carbons (Fsp3) is 0.542. The molecule has 33 heavy (non-hydrogen) atoms. The third-order valence-corrected chi connectivity index (χ3v) is 6.75. The van der Waals surface area contributed by atoms with Crippen LogP contribution >= 0.6 is 11.8 Å². The molecule has 9 heteroatoms. The second kappa shape index (κ2) is 11.0. The molecule has 0 bridgehead atoms. The van der Waals surface area contributed by atoms with E-state index in [-0.39, 0.29) is 35.1 Å². The van der Waals surface area contributed by atoms with Crippen molar-refractivity contribution in [2.75, 3.05) is 36.8 Å². The first kappa shape index (κ1) is 25.1. The molecule has 0 aliphatic carbocycles. The van der Waals surface area contributed by atoms with Crippen molar-refractivity contribution in [3.05, 3.63) is 62.6 Å². The van der Waals surface area contributed by atoms with Gasteiger partial charge in [-0.25, -0.2) is 9.18 Å².